The van der Waals surface area contributed by atoms with Crippen molar-refractivity contribution in [1.82, 2.24) is 24.5 Å². The molecule has 0 fully saturated rings. The van der Waals surface area contributed by atoms with E-state index in [4.69, 9.17) is 4.74 Å². The molecule has 0 spiro atoms. The molecule has 1 N–H and O–H groups in total. The van der Waals surface area contributed by atoms with Crippen molar-refractivity contribution in [1.29, 1.82) is 0 Å². The number of thiophene rings is 1. The molecular formula is C20H21N5O3S. The van der Waals surface area contributed by atoms with Gasteiger partial charge in [-0.05, 0) is 36.1 Å². The Morgan fingerprint density at radius 1 is 1.21 bits per heavy atom. The number of aromatic nitrogens is 4. The number of nitrogens with zero attached hydrogens (tertiary/aromatic N) is 4. The van der Waals surface area contributed by atoms with E-state index in [1.165, 1.54) is 11.3 Å². The van der Waals surface area contributed by atoms with Crippen molar-refractivity contribution in [2.45, 2.75) is 32.9 Å². The van der Waals surface area contributed by atoms with Gasteiger partial charge in [0.2, 0.25) is 11.7 Å². The van der Waals surface area contributed by atoms with Gasteiger partial charge in [-0.2, -0.15) is 0 Å². The van der Waals surface area contributed by atoms with Gasteiger partial charge in [-0.25, -0.2) is 0 Å². The first kappa shape index (κ1) is 19.1. The summed E-state index contributed by atoms with van der Waals surface area (Å²) in [5.74, 6) is 1.90. The zero-order valence-electron chi connectivity index (χ0n) is 16.2. The van der Waals surface area contributed by atoms with Crippen LogP contribution in [0.15, 0.2) is 40.5 Å². The summed E-state index contributed by atoms with van der Waals surface area (Å²) in [5, 5.41) is 13.3. The standard InChI is InChI=1S/C20H21N5O3S/c1-3-24-19(27)18-15(10-11-29-18)25-16(22-23-20(24)25)8-9-17(26)21-12-13-4-6-14(28-2)7-5-13/h4-7,10-11H,3,8-9,12H2,1-2H3,(H,21,26). The van der Waals surface area contributed by atoms with Gasteiger partial charge in [0.1, 0.15) is 16.3 Å². The van der Waals surface area contributed by atoms with Crippen molar-refractivity contribution in [2.75, 3.05) is 7.11 Å². The molecule has 0 aliphatic carbocycles. The molecular weight excluding hydrogens is 390 g/mol. The highest BCUT2D eigenvalue weighted by Gasteiger charge is 2.17. The normalized spacial score (nSPS) is 11.2. The third-order valence-corrected chi connectivity index (χ3v) is 5.71. The second kappa shape index (κ2) is 8.04. The minimum Gasteiger partial charge on any atom is -0.497 e. The Labute approximate surface area is 170 Å². The van der Waals surface area contributed by atoms with Gasteiger partial charge in [-0.1, -0.05) is 12.1 Å². The number of carbonyl (C=O) groups excluding carboxylic acids is 1. The molecule has 3 aromatic heterocycles. The molecule has 150 valence electrons. The summed E-state index contributed by atoms with van der Waals surface area (Å²) in [6.07, 6.45) is 0.719. The van der Waals surface area contributed by atoms with E-state index >= 15 is 0 Å². The van der Waals surface area contributed by atoms with Gasteiger partial charge < -0.3 is 10.1 Å². The molecule has 3 heterocycles. The van der Waals surface area contributed by atoms with Crippen LogP contribution >= 0.6 is 11.3 Å². The van der Waals surface area contributed by atoms with Crippen LogP contribution in [0.25, 0.3) is 16.0 Å². The van der Waals surface area contributed by atoms with E-state index in [1.807, 2.05) is 47.0 Å². The highest BCUT2D eigenvalue weighted by atomic mass is 32.1. The Hall–Kier alpha value is -3.20. The number of ether oxygens (including phenoxy) is 1. The van der Waals surface area contributed by atoms with E-state index in [2.05, 4.69) is 15.5 Å². The van der Waals surface area contributed by atoms with Crippen molar-refractivity contribution in [3.8, 4) is 5.75 Å². The number of rotatable bonds is 7. The molecule has 1 amide bonds. The second-order valence-corrected chi connectivity index (χ2v) is 7.48. The van der Waals surface area contributed by atoms with Crippen LogP contribution in [0.2, 0.25) is 0 Å². The number of hydrogen-bond donors (Lipinski definition) is 1. The highest BCUT2D eigenvalue weighted by Crippen LogP contribution is 2.20. The third kappa shape index (κ3) is 3.61. The lowest BCUT2D eigenvalue weighted by Gasteiger charge is -2.08. The average molecular weight is 411 g/mol. The Balaban J connectivity index is 1.49. The first-order valence-corrected chi connectivity index (χ1v) is 10.2. The molecule has 9 heteroatoms. The molecule has 0 saturated carbocycles. The van der Waals surface area contributed by atoms with Crippen LogP contribution in [0.5, 0.6) is 5.75 Å². The summed E-state index contributed by atoms with van der Waals surface area (Å²) in [6, 6.07) is 9.46. The molecule has 1 aromatic carbocycles. The first-order valence-electron chi connectivity index (χ1n) is 9.36. The summed E-state index contributed by atoms with van der Waals surface area (Å²) >= 11 is 1.41. The fourth-order valence-corrected chi connectivity index (χ4v) is 4.11. The summed E-state index contributed by atoms with van der Waals surface area (Å²) in [5.41, 5.74) is 1.73. The summed E-state index contributed by atoms with van der Waals surface area (Å²) in [7, 11) is 1.62. The van der Waals surface area contributed by atoms with E-state index in [0.717, 1.165) is 16.8 Å². The Kier molecular flexibility index (Phi) is 5.30. The topological polar surface area (TPSA) is 90.5 Å². The van der Waals surface area contributed by atoms with Crippen molar-refractivity contribution in [3.05, 3.63) is 57.5 Å². The van der Waals surface area contributed by atoms with Gasteiger partial charge in [0, 0.05) is 25.9 Å². The number of fused-ring (bicyclic) bond motifs is 3. The summed E-state index contributed by atoms with van der Waals surface area (Å²) < 4.78 is 9.30. The van der Waals surface area contributed by atoms with Crippen LogP contribution in [0.4, 0.5) is 0 Å². The van der Waals surface area contributed by atoms with E-state index < -0.39 is 0 Å². The Bertz CT molecular complexity index is 1220. The minimum atomic E-state index is -0.0667. The van der Waals surface area contributed by atoms with Gasteiger partial charge in [0.05, 0.1) is 12.6 Å². The van der Waals surface area contributed by atoms with Crippen LogP contribution < -0.4 is 15.6 Å². The maximum Gasteiger partial charge on any atom is 0.272 e. The molecule has 0 aliphatic rings. The van der Waals surface area contributed by atoms with E-state index in [9.17, 15) is 9.59 Å². The van der Waals surface area contributed by atoms with Gasteiger partial charge in [0.15, 0.2) is 0 Å². The zero-order chi connectivity index (χ0) is 20.4. The Morgan fingerprint density at radius 3 is 2.72 bits per heavy atom. The molecule has 0 bridgehead atoms. The fourth-order valence-electron chi connectivity index (χ4n) is 3.29. The minimum absolute atomic E-state index is 0.0545. The molecule has 29 heavy (non-hydrogen) atoms. The molecule has 8 nitrogen and oxygen atoms in total. The van der Waals surface area contributed by atoms with Gasteiger partial charge in [-0.3, -0.25) is 18.6 Å². The fraction of sp³-hybridized carbons (Fsp3) is 0.300. The number of carbonyl (C=O) groups is 1. The third-order valence-electron chi connectivity index (χ3n) is 4.82. The molecule has 4 rings (SSSR count). The van der Waals surface area contributed by atoms with Crippen LogP contribution in [0.1, 0.15) is 24.7 Å². The van der Waals surface area contributed by atoms with Crippen LogP contribution in [-0.2, 0) is 24.3 Å². The smallest absolute Gasteiger partial charge is 0.272 e. The van der Waals surface area contributed by atoms with Crippen molar-refractivity contribution in [3.63, 3.8) is 0 Å². The number of aryl methyl sites for hydroxylation is 2. The largest absolute Gasteiger partial charge is 0.497 e. The number of amides is 1. The quantitative estimate of drug-likeness (QED) is 0.504. The molecule has 0 saturated heterocycles. The van der Waals surface area contributed by atoms with Crippen molar-refractivity contribution < 1.29 is 9.53 Å². The molecule has 0 radical (unpaired) electrons. The molecule has 4 aromatic rings. The van der Waals surface area contributed by atoms with E-state index in [0.29, 0.717) is 35.8 Å². The number of hydrogen-bond acceptors (Lipinski definition) is 6. The molecule has 0 unspecified atom stereocenters. The van der Waals surface area contributed by atoms with E-state index in [1.54, 1.807) is 11.7 Å². The average Bonchev–Trinajstić information content (AvgIpc) is 3.38. The molecule has 0 aliphatic heterocycles. The van der Waals surface area contributed by atoms with Crippen LogP contribution in [0.3, 0.4) is 0 Å². The maximum absolute atomic E-state index is 12.6. The van der Waals surface area contributed by atoms with E-state index in [-0.39, 0.29) is 17.9 Å². The number of benzene rings is 1. The second-order valence-electron chi connectivity index (χ2n) is 6.56. The van der Waals surface area contributed by atoms with Crippen LogP contribution in [0, 0.1) is 0 Å². The van der Waals surface area contributed by atoms with Gasteiger partial charge in [0.25, 0.3) is 5.56 Å². The lowest BCUT2D eigenvalue weighted by atomic mass is 10.2. The number of nitrogens with one attached hydrogen (secondary N) is 1. The Morgan fingerprint density at radius 2 is 2.00 bits per heavy atom. The van der Waals surface area contributed by atoms with Gasteiger partial charge in [-0.15, -0.1) is 21.5 Å². The molecule has 0 atom stereocenters. The SMILES string of the molecule is CCn1c(=O)c2sccc2n2c(CCC(=O)NCc3ccc(OC)cc3)nnc12. The predicted octanol–water partition coefficient (Wildman–Crippen LogP) is 2.38. The zero-order valence-corrected chi connectivity index (χ0v) is 17.0. The number of methoxy groups -OCH3 is 1. The first-order chi connectivity index (χ1) is 14.1. The summed E-state index contributed by atoms with van der Waals surface area (Å²) in [6.45, 7) is 2.87. The monoisotopic (exact) mass is 411 g/mol. The highest BCUT2D eigenvalue weighted by molar-refractivity contribution is 7.17. The summed E-state index contributed by atoms with van der Waals surface area (Å²) in [4.78, 5) is 24.9. The lowest BCUT2D eigenvalue weighted by Crippen LogP contribution is -2.24. The predicted molar refractivity (Wildman–Crippen MR) is 111 cm³/mol. The maximum atomic E-state index is 12.6. The van der Waals surface area contributed by atoms with Crippen molar-refractivity contribution in [2.24, 2.45) is 0 Å². The van der Waals surface area contributed by atoms with Crippen LogP contribution in [-0.4, -0.2) is 32.2 Å². The van der Waals surface area contributed by atoms with Gasteiger partial charge >= 0.3 is 0 Å². The van der Waals surface area contributed by atoms with Crippen molar-refractivity contribution >= 4 is 33.2 Å². The lowest BCUT2D eigenvalue weighted by molar-refractivity contribution is -0.121.